The molecule has 0 bridgehead atoms. The third-order valence-corrected chi connectivity index (χ3v) is 3.57. The predicted molar refractivity (Wildman–Crippen MR) is 86.2 cm³/mol. The number of nitrogens with one attached hydrogen (secondary N) is 2. The first kappa shape index (κ1) is 14.9. The van der Waals surface area contributed by atoms with Crippen LogP contribution in [-0.2, 0) is 6.54 Å². The second-order valence-corrected chi connectivity index (χ2v) is 5.75. The molecule has 0 aromatic heterocycles. The Bertz CT molecular complexity index is 614. The Kier molecular flexibility index (Phi) is 5.04. The van der Waals surface area contributed by atoms with E-state index in [9.17, 15) is 4.79 Å². The van der Waals surface area contributed by atoms with Gasteiger partial charge in [-0.1, -0.05) is 39.7 Å². The quantitative estimate of drug-likeness (QED) is 0.822. The van der Waals surface area contributed by atoms with Crippen LogP contribution >= 0.6 is 27.5 Å². The second-order valence-electron chi connectivity index (χ2n) is 4.39. The summed E-state index contributed by atoms with van der Waals surface area (Å²) in [5.41, 5.74) is 2.72. The van der Waals surface area contributed by atoms with Gasteiger partial charge in [0.25, 0.3) is 0 Å². The molecule has 0 saturated carbocycles. The largest absolute Gasteiger partial charge is 0.334 e. The topological polar surface area (TPSA) is 41.1 Å². The van der Waals surface area contributed by atoms with Gasteiger partial charge in [0.1, 0.15) is 0 Å². The Hall–Kier alpha value is -1.52. The predicted octanol–water partition coefficient (Wildman–Crippen LogP) is 4.73. The Balaban J connectivity index is 1.90. The first-order valence-corrected chi connectivity index (χ1v) is 7.27. The number of benzene rings is 2. The van der Waals surface area contributed by atoms with Gasteiger partial charge in [-0.2, -0.15) is 0 Å². The van der Waals surface area contributed by atoms with Crippen LogP contribution in [0.4, 0.5) is 10.5 Å². The Morgan fingerprint density at radius 3 is 2.55 bits per heavy atom. The third kappa shape index (κ3) is 4.25. The summed E-state index contributed by atoms with van der Waals surface area (Å²) in [5, 5.41) is 6.27. The third-order valence-electron chi connectivity index (χ3n) is 2.80. The van der Waals surface area contributed by atoms with E-state index in [0.717, 1.165) is 21.3 Å². The first-order chi connectivity index (χ1) is 9.54. The second kappa shape index (κ2) is 6.77. The molecule has 0 saturated heterocycles. The van der Waals surface area contributed by atoms with Crippen LogP contribution in [0.2, 0.25) is 5.02 Å². The monoisotopic (exact) mass is 352 g/mol. The van der Waals surface area contributed by atoms with E-state index in [1.807, 2.05) is 37.3 Å². The van der Waals surface area contributed by atoms with Crippen LogP contribution < -0.4 is 10.6 Å². The Morgan fingerprint density at radius 2 is 1.90 bits per heavy atom. The number of aryl methyl sites for hydroxylation is 1. The lowest BCUT2D eigenvalue weighted by Crippen LogP contribution is -2.28. The van der Waals surface area contributed by atoms with Crippen molar-refractivity contribution in [3.05, 3.63) is 63.1 Å². The lowest BCUT2D eigenvalue weighted by molar-refractivity contribution is 0.251. The molecule has 0 spiro atoms. The van der Waals surface area contributed by atoms with Gasteiger partial charge in [0.05, 0.1) is 0 Å². The molecule has 2 N–H and O–H groups in total. The van der Waals surface area contributed by atoms with Crippen LogP contribution in [0, 0.1) is 6.92 Å². The first-order valence-electron chi connectivity index (χ1n) is 6.10. The van der Waals surface area contributed by atoms with Crippen LogP contribution in [0.15, 0.2) is 46.9 Å². The summed E-state index contributed by atoms with van der Waals surface area (Å²) in [6, 6.07) is 12.9. The van der Waals surface area contributed by atoms with Crippen molar-refractivity contribution in [2.24, 2.45) is 0 Å². The minimum absolute atomic E-state index is 0.238. The number of carbonyl (C=O) groups is 1. The Morgan fingerprint density at radius 1 is 1.20 bits per heavy atom. The summed E-state index contributed by atoms with van der Waals surface area (Å²) in [7, 11) is 0. The number of urea groups is 1. The zero-order valence-electron chi connectivity index (χ0n) is 10.9. The molecule has 2 rings (SSSR count). The van der Waals surface area contributed by atoms with E-state index in [0.29, 0.717) is 11.6 Å². The van der Waals surface area contributed by atoms with Crippen molar-refractivity contribution < 1.29 is 4.79 Å². The maximum absolute atomic E-state index is 11.8. The molecular formula is C15H14BrClN2O. The number of hydrogen-bond donors (Lipinski definition) is 2. The van der Waals surface area contributed by atoms with E-state index < -0.39 is 0 Å². The molecule has 0 aliphatic rings. The maximum atomic E-state index is 11.8. The van der Waals surface area contributed by atoms with Gasteiger partial charge < -0.3 is 10.6 Å². The molecule has 104 valence electrons. The van der Waals surface area contributed by atoms with Gasteiger partial charge >= 0.3 is 6.03 Å². The molecule has 3 nitrogen and oxygen atoms in total. The molecular weight excluding hydrogens is 340 g/mol. The van der Waals surface area contributed by atoms with Gasteiger partial charge in [0, 0.05) is 21.7 Å². The molecule has 0 atom stereocenters. The van der Waals surface area contributed by atoms with Crippen LogP contribution in [0.25, 0.3) is 0 Å². The molecule has 0 fully saturated rings. The summed E-state index contributed by atoms with van der Waals surface area (Å²) in [4.78, 5) is 11.8. The highest BCUT2D eigenvalue weighted by molar-refractivity contribution is 9.10. The Labute approximate surface area is 131 Å². The molecule has 2 aromatic carbocycles. The van der Waals surface area contributed by atoms with E-state index >= 15 is 0 Å². The van der Waals surface area contributed by atoms with E-state index in [4.69, 9.17) is 11.6 Å². The molecule has 2 aromatic rings. The van der Waals surface area contributed by atoms with E-state index in [-0.39, 0.29) is 6.03 Å². The highest BCUT2D eigenvalue weighted by Gasteiger charge is 2.04. The number of rotatable bonds is 3. The fraction of sp³-hybridized carbons (Fsp3) is 0.133. The lowest BCUT2D eigenvalue weighted by Gasteiger charge is -2.10. The van der Waals surface area contributed by atoms with E-state index in [2.05, 4.69) is 26.6 Å². The van der Waals surface area contributed by atoms with Crippen molar-refractivity contribution in [1.82, 2.24) is 5.32 Å². The molecule has 0 radical (unpaired) electrons. The van der Waals surface area contributed by atoms with Crippen molar-refractivity contribution in [3.63, 3.8) is 0 Å². The van der Waals surface area contributed by atoms with E-state index in [1.165, 1.54) is 0 Å². The number of anilines is 1. The normalized spacial score (nSPS) is 10.2. The average Bonchev–Trinajstić information content (AvgIpc) is 2.41. The summed E-state index contributed by atoms with van der Waals surface area (Å²) < 4.78 is 1.02. The molecule has 2 amide bonds. The van der Waals surface area contributed by atoms with E-state index in [1.54, 1.807) is 12.1 Å². The summed E-state index contributed by atoms with van der Waals surface area (Å²) in [6.07, 6.45) is 0. The van der Waals surface area contributed by atoms with Crippen molar-refractivity contribution in [2.45, 2.75) is 13.5 Å². The number of carbonyl (C=O) groups excluding carboxylic acids is 1. The summed E-state index contributed by atoms with van der Waals surface area (Å²) in [6.45, 7) is 2.38. The van der Waals surface area contributed by atoms with Crippen LogP contribution in [0.5, 0.6) is 0 Å². The van der Waals surface area contributed by atoms with Gasteiger partial charge in [-0.3, -0.25) is 0 Å². The van der Waals surface area contributed by atoms with Gasteiger partial charge in [-0.25, -0.2) is 4.79 Å². The highest BCUT2D eigenvalue weighted by Crippen LogP contribution is 2.19. The lowest BCUT2D eigenvalue weighted by atomic mass is 10.2. The fourth-order valence-corrected chi connectivity index (χ4v) is 2.21. The van der Waals surface area contributed by atoms with Gasteiger partial charge in [-0.05, 0) is 48.4 Å². The SMILES string of the molecule is Cc1cc(Cl)ccc1NC(=O)NCc1ccc(Br)cc1. The van der Waals surface area contributed by atoms with Crippen molar-refractivity contribution in [3.8, 4) is 0 Å². The maximum Gasteiger partial charge on any atom is 0.319 e. The zero-order chi connectivity index (χ0) is 14.5. The highest BCUT2D eigenvalue weighted by atomic mass is 79.9. The van der Waals surface area contributed by atoms with Crippen molar-refractivity contribution in [1.29, 1.82) is 0 Å². The average molecular weight is 354 g/mol. The fourth-order valence-electron chi connectivity index (χ4n) is 1.72. The number of halogens is 2. The van der Waals surface area contributed by atoms with Crippen molar-refractivity contribution >= 4 is 39.2 Å². The number of amides is 2. The molecule has 0 heterocycles. The zero-order valence-corrected chi connectivity index (χ0v) is 13.3. The van der Waals surface area contributed by atoms with Crippen LogP contribution in [0.1, 0.15) is 11.1 Å². The van der Waals surface area contributed by atoms with Gasteiger partial charge in [-0.15, -0.1) is 0 Å². The molecule has 0 unspecified atom stereocenters. The summed E-state index contributed by atoms with van der Waals surface area (Å²) >= 11 is 9.25. The summed E-state index contributed by atoms with van der Waals surface area (Å²) in [5.74, 6) is 0. The minimum Gasteiger partial charge on any atom is -0.334 e. The molecule has 0 aliphatic carbocycles. The van der Waals surface area contributed by atoms with Crippen LogP contribution in [-0.4, -0.2) is 6.03 Å². The van der Waals surface area contributed by atoms with Gasteiger partial charge in [0.2, 0.25) is 0 Å². The molecule has 0 aliphatic heterocycles. The van der Waals surface area contributed by atoms with Crippen molar-refractivity contribution in [2.75, 3.05) is 5.32 Å². The minimum atomic E-state index is -0.238. The standard InChI is InChI=1S/C15H14BrClN2O/c1-10-8-13(17)6-7-14(10)19-15(20)18-9-11-2-4-12(16)5-3-11/h2-8H,9H2,1H3,(H2,18,19,20). The molecule has 5 heteroatoms. The molecule has 20 heavy (non-hydrogen) atoms. The van der Waals surface area contributed by atoms with Crippen LogP contribution in [0.3, 0.4) is 0 Å². The van der Waals surface area contributed by atoms with Gasteiger partial charge in [0.15, 0.2) is 0 Å². The smallest absolute Gasteiger partial charge is 0.319 e. The number of hydrogen-bond acceptors (Lipinski definition) is 1.